The van der Waals surface area contributed by atoms with Gasteiger partial charge in [-0.25, -0.2) is 9.98 Å². The molecule has 1 atom stereocenters. The zero-order valence-electron chi connectivity index (χ0n) is 27.7. The average Bonchev–Trinajstić information content (AvgIpc) is 3.77. The molecule has 0 N–H and O–H groups in total. The number of fused-ring (bicyclic) bond motifs is 6. The zero-order chi connectivity index (χ0) is 33.6. The third-order valence-electron chi connectivity index (χ3n) is 10.5. The zero-order valence-corrected chi connectivity index (χ0v) is 27.7. The van der Waals surface area contributed by atoms with Crippen molar-refractivity contribution in [3.8, 4) is 11.1 Å². The molecule has 0 saturated carbocycles. The Morgan fingerprint density at radius 3 is 1.76 bits per heavy atom. The van der Waals surface area contributed by atoms with Crippen LogP contribution in [0.3, 0.4) is 0 Å². The Morgan fingerprint density at radius 1 is 0.451 bits per heavy atom. The van der Waals surface area contributed by atoms with Crippen molar-refractivity contribution in [3.63, 3.8) is 0 Å². The van der Waals surface area contributed by atoms with Gasteiger partial charge in [-0.2, -0.15) is 0 Å². The molecule has 0 aliphatic carbocycles. The molecule has 11 rings (SSSR count). The van der Waals surface area contributed by atoms with Gasteiger partial charge < -0.3 is 13.7 Å². The highest BCUT2D eigenvalue weighted by Gasteiger charge is 2.29. The van der Waals surface area contributed by atoms with Gasteiger partial charge in [0.25, 0.3) is 0 Å². The molecular weight excluding hydrogens is 627 g/mol. The van der Waals surface area contributed by atoms with Crippen LogP contribution < -0.4 is 0 Å². The van der Waals surface area contributed by atoms with Gasteiger partial charge in [-0.15, -0.1) is 0 Å². The smallest absolute Gasteiger partial charge is 0.159 e. The summed E-state index contributed by atoms with van der Waals surface area (Å²) in [6.45, 7) is 0. The summed E-state index contributed by atoms with van der Waals surface area (Å²) in [5.74, 6) is 1.59. The van der Waals surface area contributed by atoms with Crippen molar-refractivity contribution in [1.29, 1.82) is 0 Å². The Bertz CT molecular complexity index is 3040. The molecule has 240 valence electrons. The molecule has 0 bridgehead atoms. The van der Waals surface area contributed by atoms with Crippen LogP contribution in [0.15, 0.2) is 170 Å². The maximum absolute atomic E-state index is 6.52. The van der Waals surface area contributed by atoms with E-state index in [1.54, 1.807) is 0 Å². The van der Waals surface area contributed by atoms with Crippen LogP contribution in [0.25, 0.3) is 76.5 Å². The summed E-state index contributed by atoms with van der Waals surface area (Å²) in [5.41, 5.74) is 8.92. The van der Waals surface area contributed by atoms with Crippen LogP contribution in [0.2, 0.25) is 0 Å². The maximum Gasteiger partial charge on any atom is 0.159 e. The highest BCUT2D eigenvalue weighted by Crippen LogP contribution is 2.44. The van der Waals surface area contributed by atoms with E-state index in [4.69, 9.17) is 18.8 Å². The van der Waals surface area contributed by atoms with E-state index in [2.05, 4.69) is 139 Å². The van der Waals surface area contributed by atoms with E-state index in [0.29, 0.717) is 5.84 Å². The molecule has 5 heteroatoms. The first-order valence-electron chi connectivity index (χ1n) is 17.2. The summed E-state index contributed by atoms with van der Waals surface area (Å²) in [5, 5.41) is 9.40. The number of hydrogen-bond donors (Lipinski definition) is 0. The lowest BCUT2D eigenvalue weighted by atomic mass is 9.91. The van der Waals surface area contributed by atoms with Crippen molar-refractivity contribution in [2.45, 2.75) is 6.17 Å². The minimum absolute atomic E-state index is 0.322. The van der Waals surface area contributed by atoms with E-state index in [1.807, 2.05) is 24.3 Å². The fourth-order valence-corrected chi connectivity index (χ4v) is 8.13. The summed E-state index contributed by atoms with van der Waals surface area (Å²) >= 11 is 0. The number of nitrogens with zero attached hydrogens (tertiary/aromatic N) is 3. The van der Waals surface area contributed by atoms with Crippen molar-refractivity contribution < 1.29 is 8.83 Å². The van der Waals surface area contributed by atoms with Gasteiger partial charge in [-0.3, -0.25) is 0 Å². The van der Waals surface area contributed by atoms with Gasteiger partial charge in [-0.05, 0) is 69.1 Å². The molecule has 1 aliphatic rings. The van der Waals surface area contributed by atoms with Crippen molar-refractivity contribution >= 4 is 77.1 Å². The Morgan fingerprint density at radius 2 is 1.04 bits per heavy atom. The molecule has 8 aromatic carbocycles. The summed E-state index contributed by atoms with van der Waals surface area (Å²) in [6.07, 6.45) is -0.322. The van der Waals surface area contributed by atoms with Gasteiger partial charge in [0.15, 0.2) is 12.0 Å². The van der Waals surface area contributed by atoms with E-state index in [1.165, 1.54) is 32.3 Å². The third-order valence-corrected chi connectivity index (χ3v) is 10.5. The number of rotatable bonds is 4. The van der Waals surface area contributed by atoms with Crippen LogP contribution in [0.1, 0.15) is 22.9 Å². The molecule has 0 saturated heterocycles. The predicted octanol–water partition coefficient (Wildman–Crippen LogP) is 11.7. The molecule has 2 aromatic heterocycles. The van der Waals surface area contributed by atoms with Crippen LogP contribution in [0.5, 0.6) is 0 Å². The highest BCUT2D eigenvalue weighted by atomic mass is 16.3. The van der Waals surface area contributed by atoms with Crippen LogP contribution >= 0.6 is 0 Å². The van der Waals surface area contributed by atoms with Gasteiger partial charge in [0, 0.05) is 45.3 Å². The Labute approximate surface area is 292 Å². The van der Waals surface area contributed by atoms with Crippen molar-refractivity contribution in [2.24, 2.45) is 9.98 Å². The molecule has 1 unspecified atom stereocenters. The molecule has 51 heavy (non-hydrogen) atoms. The largest absolute Gasteiger partial charge is 0.456 e. The van der Waals surface area contributed by atoms with E-state index in [9.17, 15) is 0 Å². The number of hydrogen-bond acceptors (Lipinski definition) is 5. The molecule has 5 nitrogen and oxygen atoms in total. The Hall–Kier alpha value is -6.72. The van der Waals surface area contributed by atoms with Crippen LogP contribution in [0.4, 0.5) is 0 Å². The lowest BCUT2D eigenvalue weighted by Crippen LogP contribution is -2.35. The molecule has 10 aromatic rings. The van der Waals surface area contributed by atoms with E-state index in [0.717, 1.165) is 66.8 Å². The van der Waals surface area contributed by atoms with Crippen molar-refractivity contribution in [2.75, 3.05) is 7.05 Å². The number of benzene rings is 8. The van der Waals surface area contributed by atoms with Crippen molar-refractivity contribution in [3.05, 3.63) is 168 Å². The molecule has 0 spiro atoms. The summed E-state index contributed by atoms with van der Waals surface area (Å²) in [7, 11) is 2.08. The van der Waals surface area contributed by atoms with Gasteiger partial charge in [0.2, 0.25) is 0 Å². The maximum atomic E-state index is 6.52. The third kappa shape index (κ3) is 4.15. The first-order chi connectivity index (χ1) is 25.2. The van der Waals surface area contributed by atoms with Gasteiger partial charge >= 0.3 is 0 Å². The lowest BCUT2D eigenvalue weighted by Gasteiger charge is -2.32. The topological polar surface area (TPSA) is 54.2 Å². The van der Waals surface area contributed by atoms with E-state index < -0.39 is 0 Å². The molecule has 1 aliphatic heterocycles. The number of aliphatic imine (C=N–C) groups is 2. The SMILES string of the molecule is CN1C(c2ccccc2)=NC(c2ccccc2)=NC1c1cccc2oc3ccc(-c4ccc5c(c4)c4cccc6oc7cccc5c7c64)cc3c12. The minimum atomic E-state index is -0.322. The van der Waals surface area contributed by atoms with E-state index >= 15 is 0 Å². The van der Waals surface area contributed by atoms with Gasteiger partial charge in [0.1, 0.15) is 28.2 Å². The van der Waals surface area contributed by atoms with Crippen LogP contribution in [0, 0.1) is 0 Å². The second-order valence-electron chi connectivity index (χ2n) is 13.4. The Balaban J connectivity index is 1.10. The van der Waals surface area contributed by atoms with Gasteiger partial charge in [-0.1, -0.05) is 115 Å². The Kier molecular flexibility index (Phi) is 5.87. The second-order valence-corrected chi connectivity index (χ2v) is 13.4. The van der Waals surface area contributed by atoms with Gasteiger partial charge in [0.05, 0.1) is 0 Å². The molecule has 0 fully saturated rings. The first kappa shape index (κ1) is 28.2. The standard InChI is InChI=1S/C46H29N3O2/c1-49-45(28-13-6-3-7-14-28)47-44(27-11-4-2-5-12-27)48-46(49)34-17-10-18-38-41(34)36-26-30(22-24-37(36)50-38)29-21-23-31-32-15-8-19-39-42(32)43-33(35(31)25-29)16-9-20-40(43)51-39/h2-26,46H,1H3. The van der Waals surface area contributed by atoms with Crippen LogP contribution in [-0.4, -0.2) is 23.6 Å². The predicted molar refractivity (Wildman–Crippen MR) is 209 cm³/mol. The molecular formula is C46H29N3O2. The molecule has 0 radical (unpaired) electrons. The van der Waals surface area contributed by atoms with Crippen molar-refractivity contribution in [1.82, 2.24) is 4.90 Å². The van der Waals surface area contributed by atoms with Crippen LogP contribution in [-0.2, 0) is 0 Å². The first-order valence-corrected chi connectivity index (χ1v) is 17.2. The lowest BCUT2D eigenvalue weighted by molar-refractivity contribution is 0.385. The monoisotopic (exact) mass is 655 g/mol. The second kappa shape index (κ2) is 10.6. The summed E-state index contributed by atoms with van der Waals surface area (Å²) in [6, 6.07) is 53.0. The number of amidine groups is 2. The fourth-order valence-electron chi connectivity index (χ4n) is 8.13. The van der Waals surface area contributed by atoms with E-state index in [-0.39, 0.29) is 6.17 Å². The quantitative estimate of drug-likeness (QED) is 0.177. The molecule has 3 heterocycles. The average molecular weight is 656 g/mol. The summed E-state index contributed by atoms with van der Waals surface area (Å²) in [4.78, 5) is 12.6. The minimum Gasteiger partial charge on any atom is -0.456 e. The fraction of sp³-hybridized carbons (Fsp3) is 0.0435. The molecule has 0 amide bonds. The number of furan rings is 2. The summed E-state index contributed by atoms with van der Waals surface area (Å²) < 4.78 is 12.8. The highest BCUT2D eigenvalue weighted by molar-refractivity contribution is 6.33. The normalized spacial score (nSPS) is 15.2.